The van der Waals surface area contributed by atoms with E-state index < -0.39 is 23.7 Å². The summed E-state index contributed by atoms with van der Waals surface area (Å²) in [5, 5.41) is 29.9. The molecule has 0 unspecified atom stereocenters. The Balaban J connectivity index is 1.85. The van der Waals surface area contributed by atoms with Gasteiger partial charge in [0.2, 0.25) is 5.89 Å². The number of benzene rings is 2. The highest BCUT2D eigenvalue weighted by Crippen LogP contribution is 2.45. The predicted molar refractivity (Wildman–Crippen MR) is 111 cm³/mol. The van der Waals surface area contributed by atoms with E-state index in [1.54, 1.807) is 32.0 Å². The second-order valence-electron chi connectivity index (χ2n) is 7.85. The minimum atomic E-state index is -1.18. The maximum Gasteiger partial charge on any atom is 0.357 e. The van der Waals surface area contributed by atoms with Crippen LogP contribution >= 0.6 is 0 Å². The summed E-state index contributed by atoms with van der Waals surface area (Å²) >= 11 is 0. The number of oxazole rings is 1. The molecule has 2 heterocycles. The van der Waals surface area contributed by atoms with E-state index in [4.69, 9.17) is 9.15 Å². The number of nitriles is 1. The molecule has 1 aliphatic heterocycles. The number of aliphatic hydroxyl groups is 1. The lowest BCUT2D eigenvalue weighted by atomic mass is 9.84. The van der Waals surface area contributed by atoms with Crippen LogP contribution in [0.5, 0.6) is 5.75 Å². The van der Waals surface area contributed by atoms with Gasteiger partial charge in [-0.15, -0.1) is 0 Å². The fourth-order valence-corrected chi connectivity index (χ4v) is 3.77. The number of carboxylic acids is 1. The Morgan fingerprint density at radius 1 is 1.26 bits per heavy atom. The van der Waals surface area contributed by atoms with Crippen LogP contribution in [-0.2, 0) is 6.54 Å². The first-order chi connectivity index (χ1) is 14.8. The van der Waals surface area contributed by atoms with Gasteiger partial charge in [0.1, 0.15) is 23.7 Å². The van der Waals surface area contributed by atoms with E-state index >= 15 is 0 Å². The summed E-state index contributed by atoms with van der Waals surface area (Å²) in [4.78, 5) is 17.1. The van der Waals surface area contributed by atoms with Crippen molar-refractivity contribution in [1.29, 1.82) is 5.26 Å². The van der Waals surface area contributed by atoms with Gasteiger partial charge in [0.05, 0.1) is 24.2 Å². The second kappa shape index (κ2) is 7.78. The minimum Gasteiger partial charge on any atom is -0.485 e. The van der Waals surface area contributed by atoms with Gasteiger partial charge in [0.25, 0.3) is 0 Å². The minimum absolute atomic E-state index is 0.103. The first-order valence-electron chi connectivity index (χ1n) is 9.70. The maximum absolute atomic E-state index is 11.3. The van der Waals surface area contributed by atoms with Gasteiger partial charge in [-0.05, 0) is 44.2 Å². The third-order valence-corrected chi connectivity index (χ3v) is 5.34. The number of nitrogens with zero attached hydrogens (tertiary/aromatic N) is 3. The number of aromatic carboxylic acids is 1. The molecule has 0 saturated carbocycles. The van der Waals surface area contributed by atoms with Crippen molar-refractivity contribution in [3.63, 3.8) is 0 Å². The maximum atomic E-state index is 11.3. The van der Waals surface area contributed by atoms with Crippen molar-refractivity contribution in [2.24, 2.45) is 0 Å². The molecule has 2 aromatic carbocycles. The molecule has 0 fully saturated rings. The highest BCUT2D eigenvalue weighted by molar-refractivity contribution is 5.84. The molecule has 4 rings (SSSR count). The van der Waals surface area contributed by atoms with Gasteiger partial charge in [-0.25, -0.2) is 9.78 Å². The molecule has 0 saturated heterocycles. The van der Waals surface area contributed by atoms with E-state index in [2.05, 4.69) is 11.1 Å². The van der Waals surface area contributed by atoms with Gasteiger partial charge in [0.15, 0.2) is 5.69 Å². The Labute approximate surface area is 178 Å². The molecule has 8 nitrogen and oxygen atoms in total. The second-order valence-corrected chi connectivity index (χ2v) is 7.85. The van der Waals surface area contributed by atoms with E-state index in [1.807, 2.05) is 35.2 Å². The average molecular weight is 419 g/mol. The molecule has 0 spiro atoms. The SMILES string of the molecule is CC1(C)Oc2ccc(C#N)cc2[C@H](N(Cc2nc(C(=O)O)co2)c2ccccc2)[C@H]1O. The number of carboxylic acid groups (broad SMARTS) is 1. The van der Waals surface area contributed by atoms with E-state index in [1.165, 1.54) is 0 Å². The van der Waals surface area contributed by atoms with Gasteiger partial charge < -0.3 is 24.3 Å². The van der Waals surface area contributed by atoms with E-state index in [-0.39, 0.29) is 18.1 Å². The summed E-state index contributed by atoms with van der Waals surface area (Å²) in [7, 11) is 0. The van der Waals surface area contributed by atoms with Gasteiger partial charge in [-0.1, -0.05) is 18.2 Å². The lowest BCUT2D eigenvalue weighted by molar-refractivity contribution is -0.0592. The quantitative estimate of drug-likeness (QED) is 0.645. The normalized spacial score (nSPS) is 19.0. The summed E-state index contributed by atoms with van der Waals surface area (Å²) in [5.74, 6) is -0.424. The number of para-hydroxylation sites is 1. The van der Waals surface area contributed by atoms with Crippen LogP contribution in [-0.4, -0.2) is 32.9 Å². The third kappa shape index (κ3) is 3.83. The molecule has 1 aliphatic rings. The highest BCUT2D eigenvalue weighted by atomic mass is 16.5. The molecule has 0 amide bonds. The molecule has 2 atom stereocenters. The van der Waals surface area contributed by atoms with Gasteiger partial charge >= 0.3 is 5.97 Å². The summed E-state index contributed by atoms with van der Waals surface area (Å²) in [6.07, 6.45) is 0.121. The Bertz CT molecular complexity index is 1150. The smallest absolute Gasteiger partial charge is 0.357 e. The van der Waals surface area contributed by atoms with Crippen molar-refractivity contribution in [2.45, 2.75) is 38.1 Å². The number of rotatable bonds is 5. The van der Waals surface area contributed by atoms with E-state index in [0.717, 1.165) is 12.0 Å². The Kier molecular flexibility index (Phi) is 5.13. The fraction of sp³-hybridized carbons (Fsp3) is 0.261. The number of hydrogen-bond donors (Lipinski definition) is 2. The number of fused-ring (bicyclic) bond motifs is 1. The van der Waals surface area contributed by atoms with Crippen LogP contribution in [0.1, 0.15) is 47.4 Å². The first kappa shape index (κ1) is 20.4. The lowest BCUT2D eigenvalue weighted by Crippen LogP contribution is -2.53. The molecule has 8 heteroatoms. The van der Waals surface area contributed by atoms with Crippen molar-refractivity contribution >= 4 is 11.7 Å². The van der Waals surface area contributed by atoms with Crippen molar-refractivity contribution < 1.29 is 24.2 Å². The van der Waals surface area contributed by atoms with Crippen LogP contribution in [0.3, 0.4) is 0 Å². The topological polar surface area (TPSA) is 120 Å². The number of anilines is 1. The Hall–Kier alpha value is -3.83. The molecular weight excluding hydrogens is 398 g/mol. The van der Waals surface area contributed by atoms with Crippen molar-refractivity contribution in [2.75, 3.05) is 4.90 Å². The number of aromatic nitrogens is 1. The van der Waals surface area contributed by atoms with E-state index in [9.17, 15) is 20.3 Å². The van der Waals surface area contributed by atoms with Gasteiger partial charge in [-0.2, -0.15) is 5.26 Å². The average Bonchev–Trinajstić information content (AvgIpc) is 3.23. The monoisotopic (exact) mass is 419 g/mol. The standard InChI is InChI=1S/C23H21N3O5/c1-23(2)21(27)20(16-10-14(11-24)8-9-18(16)31-23)26(15-6-4-3-5-7-15)12-19-25-17(13-30-19)22(28)29/h3-10,13,20-21,27H,12H2,1-2H3,(H,28,29)/t20-,21+/m0/s1. The van der Waals surface area contributed by atoms with Crippen molar-refractivity contribution in [3.05, 3.63) is 77.5 Å². The molecule has 0 bridgehead atoms. The van der Waals surface area contributed by atoms with Gasteiger partial charge in [-0.3, -0.25) is 0 Å². The molecule has 1 aromatic heterocycles. The number of hydrogen-bond acceptors (Lipinski definition) is 7. The van der Waals surface area contributed by atoms with Crippen LogP contribution in [0.25, 0.3) is 0 Å². The molecule has 0 aliphatic carbocycles. The molecule has 31 heavy (non-hydrogen) atoms. The zero-order valence-electron chi connectivity index (χ0n) is 17.0. The molecule has 3 aromatic rings. The zero-order valence-corrected chi connectivity index (χ0v) is 17.0. The molecule has 2 N–H and O–H groups in total. The number of aliphatic hydroxyl groups excluding tert-OH is 1. The van der Waals surface area contributed by atoms with Crippen molar-refractivity contribution in [3.8, 4) is 11.8 Å². The summed E-state index contributed by atoms with van der Waals surface area (Å²) in [6.45, 7) is 3.69. The third-order valence-electron chi connectivity index (χ3n) is 5.34. The zero-order chi connectivity index (χ0) is 22.2. The van der Waals surface area contributed by atoms with Crippen LogP contribution in [0.15, 0.2) is 59.2 Å². The van der Waals surface area contributed by atoms with Crippen LogP contribution in [0.4, 0.5) is 5.69 Å². The molecule has 0 radical (unpaired) electrons. The largest absolute Gasteiger partial charge is 0.485 e. The number of carbonyl (C=O) groups is 1. The van der Waals surface area contributed by atoms with Crippen LogP contribution in [0, 0.1) is 11.3 Å². The fourth-order valence-electron chi connectivity index (χ4n) is 3.77. The molecule has 158 valence electrons. The van der Waals surface area contributed by atoms with Crippen molar-refractivity contribution in [1.82, 2.24) is 4.98 Å². The highest BCUT2D eigenvalue weighted by Gasteiger charge is 2.46. The Morgan fingerprint density at radius 2 is 2.00 bits per heavy atom. The first-order valence-corrected chi connectivity index (χ1v) is 9.70. The lowest BCUT2D eigenvalue weighted by Gasteiger charge is -2.46. The summed E-state index contributed by atoms with van der Waals surface area (Å²) in [5.41, 5.74) is 0.758. The van der Waals surface area contributed by atoms with E-state index in [0.29, 0.717) is 16.9 Å². The van der Waals surface area contributed by atoms with Crippen LogP contribution in [0.2, 0.25) is 0 Å². The predicted octanol–water partition coefficient (Wildman–Crippen LogP) is 3.52. The molecular formula is C23H21N3O5. The van der Waals surface area contributed by atoms with Crippen LogP contribution < -0.4 is 9.64 Å². The van der Waals surface area contributed by atoms with Gasteiger partial charge in [0, 0.05) is 11.3 Å². The summed E-state index contributed by atoms with van der Waals surface area (Å²) in [6, 6.07) is 16.0. The Morgan fingerprint density at radius 3 is 2.65 bits per heavy atom. The summed E-state index contributed by atoms with van der Waals surface area (Å²) < 4.78 is 11.4. The number of ether oxygens (including phenoxy) is 1.